The van der Waals surface area contributed by atoms with Crippen LogP contribution in [0.2, 0.25) is 0 Å². The van der Waals surface area contributed by atoms with Crippen molar-refractivity contribution in [3.8, 4) is 16.9 Å². The predicted octanol–water partition coefficient (Wildman–Crippen LogP) is 3.85. The average molecular weight is 302 g/mol. The molecule has 0 aliphatic heterocycles. The minimum atomic E-state index is 0.448. The zero-order valence-electron chi connectivity index (χ0n) is 13.1. The number of hydrogen-bond acceptors (Lipinski definition) is 4. The second-order valence-corrected chi connectivity index (χ2v) is 4.70. The Kier molecular flexibility index (Phi) is 6.90. The van der Waals surface area contributed by atoms with Crippen LogP contribution in [0, 0.1) is 0 Å². The van der Waals surface area contributed by atoms with Crippen molar-refractivity contribution < 1.29 is 19.2 Å². The molecule has 0 aliphatic carbocycles. The fraction of sp³-hybridized carbons (Fsp3) is 0.333. The van der Waals surface area contributed by atoms with E-state index in [4.69, 9.17) is 14.4 Å². The monoisotopic (exact) mass is 302 g/mol. The van der Waals surface area contributed by atoms with Gasteiger partial charge in [-0.15, -0.1) is 0 Å². The maximum atomic E-state index is 5.61. The van der Waals surface area contributed by atoms with Crippen LogP contribution in [0.5, 0.6) is 5.75 Å². The van der Waals surface area contributed by atoms with E-state index < -0.39 is 0 Å². The molecule has 2 aromatic rings. The first-order chi connectivity index (χ1) is 10.8. The first-order valence-corrected chi connectivity index (χ1v) is 7.39. The van der Waals surface area contributed by atoms with Gasteiger partial charge in [0.15, 0.2) is 0 Å². The second kappa shape index (κ2) is 9.20. The minimum absolute atomic E-state index is 0.448. The summed E-state index contributed by atoms with van der Waals surface area (Å²) < 4.78 is 10.9. The van der Waals surface area contributed by atoms with Crippen molar-refractivity contribution in [2.24, 2.45) is 0 Å². The van der Waals surface area contributed by atoms with E-state index in [1.165, 1.54) is 7.11 Å². The fourth-order valence-corrected chi connectivity index (χ4v) is 2.03. The third kappa shape index (κ3) is 5.15. The summed E-state index contributed by atoms with van der Waals surface area (Å²) in [6, 6.07) is 16.3. The lowest BCUT2D eigenvalue weighted by atomic mass is 10.0. The van der Waals surface area contributed by atoms with Crippen LogP contribution < -0.4 is 4.74 Å². The smallest absolute Gasteiger partial charge is 0.119 e. The normalized spacial score (nSPS) is 10.6. The Bertz CT molecular complexity index is 534. The largest absolute Gasteiger partial charge is 0.491 e. The van der Waals surface area contributed by atoms with Gasteiger partial charge in [0.2, 0.25) is 0 Å². The summed E-state index contributed by atoms with van der Waals surface area (Å²) in [5, 5.41) is 0. The van der Waals surface area contributed by atoms with E-state index in [1.807, 2.05) is 31.2 Å². The lowest BCUT2D eigenvalue weighted by Crippen LogP contribution is -2.06. The van der Waals surface area contributed by atoms with Gasteiger partial charge in [0.1, 0.15) is 19.0 Å². The van der Waals surface area contributed by atoms with Crippen LogP contribution in [0.1, 0.15) is 12.5 Å². The Hall–Kier alpha value is -1.88. The predicted molar refractivity (Wildman–Crippen MR) is 85.7 cm³/mol. The van der Waals surface area contributed by atoms with Gasteiger partial charge >= 0.3 is 0 Å². The van der Waals surface area contributed by atoms with Gasteiger partial charge in [0.05, 0.1) is 13.7 Å². The second-order valence-electron chi connectivity index (χ2n) is 4.70. The highest BCUT2D eigenvalue weighted by Gasteiger charge is 2.00. The van der Waals surface area contributed by atoms with Crippen LogP contribution in [-0.2, 0) is 21.1 Å². The SMILES string of the molecule is CCOCCOc1ccc(-c2ccc(COOC)cc2)cc1. The van der Waals surface area contributed by atoms with Crippen molar-refractivity contribution in [1.29, 1.82) is 0 Å². The van der Waals surface area contributed by atoms with E-state index in [2.05, 4.69) is 29.2 Å². The molecule has 0 atom stereocenters. The summed E-state index contributed by atoms with van der Waals surface area (Å²) in [5.41, 5.74) is 3.37. The average Bonchev–Trinajstić information content (AvgIpc) is 2.58. The Morgan fingerprint density at radius 1 is 0.818 bits per heavy atom. The zero-order chi connectivity index (χ0) is 15.6. The molecule has 0 amide bonds. The van der Waals surface area contributed by atoms with E-state index in [9.17, 15) is 0 Å². The molecule has 0 unspecified atom stereocenters. The lowest BCUT2D eigenvalue weighted by molar-refractivity contribution is -0.282. The summed E-state index contributed by atoms with van der Waals surface area (Å²) in [7, 11) is 1.51. The quantitative estimate of drug-likeness (QED) is 0.400. The first kappa shape index (κ1) is 16.5. The maximum Gasteiger partial charge on any atom is 0.119 e. The number of hydrogen-bond donors (Lipinski definition) is 0. The molecule has 0 aromatic heterocycles. The van der Waals surface area contributed by atoms with Crippen LogP contribution in [0.15, 0.2) is 48.5 Å². The maximum absolute atomic E-state index is 5.61. The van der Waals surface area contributed by atoms with E-state index in [1.54, 1.807) is 0 Å². The van der Waals surface area contributed by atoms with Crippen molar-refractivity contribution in [3.05, 3.63) is 54.1 Å². The van der Waals surface area contributed by atoms with Crippen LogP contribution in [0.3, 0.4) is 0 Å². The van der Waals surface area contributed by atoms with Crippen LogP contribution >= 0.6 is 0 Å². The number of rotatable bonds is 9. The van der Waals surface area contributed by atoms with E-state index in [0.717, 1.165) is 22.4 Å². The molecule has 4 nitrogen and oxygen atoms in total. The minimum Gasteiger partial charge on any atom is -0.491 e. The summed E-state index contributed by atoms with van der Waals surface area (Å²) in [6.45, 7) is 4.32. The molecule has 0 N–H and O–H groups in total. The molecular weight excluding hydrogens is 280 g/mol. The molecule has 0 aliphatic rings. The van der Waals surface area contributed by atoms with Crippen LogP contribution in [-0.4, -0.2) is 26.9 Å². The Morgan fingerprint density at radius 2 is 1.45 bits per heavy atom. The first-order valence-electron chi connectivity index (χ1n) is 7.39. The lowest BCUT2D eigenvalue weighted by Gasteiger charge is -2.08. The highest BCUT2D eigenvalue weighted by molar-refractivity contribution is 5.64. The molecule has 0 spiro atoms. The molecule has 0 heterocycles. The van der Waals surface area contributed by atoms with Crippen molar-refractivity contribution in [1.82, 2.24) is 0 Å². The standard InChI is InChI=1S/C18H22O4/c1-3-20-12-13-21-18-10-8-17(9-11-18)16-6-4-15(5-7-16)14-22-19-2/h4-11H,3,12-14H2,1-2H3. The molecule has 22 heavy (non-hydrogen) atoms. The molecule has 0 bridgehead atoms. The third-order valence-corrected chi connectivity index (χ3v) is 3.19. The van der Waals surface area contributed by atoms with Gasteiger partial charge in [0, 0.05) is 6.61 Å². The Labute approximate surface area is 131 Å². The number of benzene rings is 2. The zero-order valence-corrected chi connectivity index (χ0v) is 13.1. The van der Waals surface area contributed by atoms with Crippen LogP contribution in [0.25, 0.3) is 11.1 Å². The van der Waals surface area contributed by atoms with Gasteiger partial charge in [-0.3, -0.25) is 0 Å². The third-order valence-electron chi connectivity index (χ3n) is 3.19. The summed E-state index contributed by atoms with van der Waals surface area (Å²) >= 11 is 0. The molecule has 2 aromatic carbocycles. The van der Waals surface area contributed by atoms with Crippen molar-refractivity contribution in [3.63, 3.8) is 0 Å². The topological polar surface area (TPSA) is 36.9 Å². The molecule has 0 saturated carbocycles. The fourth-order valence-electron chi connectivity index (χ4n) is 2.03. The molecule has 0 radical (unpaired) electrons. The van der Waals surface area contributed by atoms with Crippen molar-refractivity contribution >= 4 is 0 Å². The van der Waals surface area contributed by atoms with Gasteiger partial charge in [-0.25, -0.2) is 9.78 Å². The molecule has 2 rings (SSSR count). The number of ether oxygens (including phenoxy) is 2. The van der Waals surface area contributed by atoms with Gasteiger partial charge in [-0.1, -0.05) is 36.4 Å². The summed E-state index contributed by atoms with van der Waals surface area (Å²) in [5.74, 6) is 0.855. The Balaban J connectivity index is 1.92. The molecule has 0 fully saturated rings. The van der Waals surface area contributed by atoms with Gasteiger partial charge in [-0.2, -0.15) is 0 Å². The van der Waals surface area contributed by atoms with Crippen LogP contribution in [0.4, 0.5) is 0 Å². The Morgan fingerprint density at radius 3 is 2.05 bits per heavy atom. The van der Waals surface area contributed by atoms with Crippen molar-refractivity contribution in [2.45, 2.75) is 13.5 Å². The summed E-state index contributed by atoms with van der Waals surface area (Å²) in [6.07, 6.45) is 0. The summed E-state index contributed by atoms with van der Waals surface area (Å²) in [4.78, 5) is 9.51. The molecule has 0 saturated heterocycles. The highest BCUT2D eigenvalue weighted by Crippen LogP contribution is 2.23. The highest BCUT2D eigenvalue weighted by atomic mass is 17.2. The van der Waals surface area contributed by atoms with E-state index in [0.29, 0.717) is 26.4 Å². The van der Waals surface area contributed by atoms with E-state index >= 15 is 0 Å². The van der Waals surface area contributed by atoms with Gasteiger partial charge in [0.25, 0.3) is 0 Å². The molecule has 4 heteroatoms. The van der Waals surface area contributed by atoms with Crippen molar-refractivity contribution in [2.75, 3.05) is 26.9 Å². The van der Waals surface area contributed by atoms with Gasteiger partial charge in [-0.05, 0) is 35.7 Å². The molecule has 118 valence electrons. The van der Waals surface area contributed by atoms with Gasteiger partial charge < -0.3 is 9.47 Å². The molecular formula is C18H22O4. The van der Waals surface area contributed by atoms with E-state index in [-0.39, 0.29) is 0 Å².